The van der Waals surface area contributed by atoms with E-state index in [1.165, 1.54) is 19.1 Å². The van der Waals surface area contributed by atoms with Crippen LogP contribution in [0.5, 0.6) is 11.5 Å². The average Bonchev–Trinajstić information content (AvgIpc) is 3.14. The van der Waals surface area contributed by atoms with E-state index >= 15 is 0 Å². The highest BCUT2D eigenvalue weighted by atomic mass is 35.5. The van der Waals surface area contributed by atoms with Crippen molar-refractivity contribution in [3.8, 4) is 11.5 Å². The van der Waals surface area contributed by atoms with Gasteiger partial charge in [0.05, 0.1) is 25.8 Å². The highest BCUT2D eigenvalue weighted by Crippen LogP contribution is 2.29. The summed E-state index contributed by atoms with van der Waals surface area (Å²) in [6.45, 7) is -0.304. The molecule has 2 aromatic carbocycles. The zero-order chi connectivity index (χ0) is 21.7. The summed E-state index contributed by atoms with van der Waals surface area (Å²) >= 11 is 5.97. The number of carbonyl (C=O) groups excluding carboxylic acids is 3. The van der Waals surface area contributed by atoms with Crippen molar-refractivity contribution in [1.29, 1.82) is 0 Å². The molecule has 1 N–H and O–H groups in total. The Labute approximate surface area is 178 Å². The van der Waals surface area contributed by atoms with E-state index in [1.807, 2.05) is 0 Å². The number of esters is 1. The van der Waals surface area contributed by atoms with Gasteiger partial charge in [-0.1, -0.05) is 17.7 Å². The minimum absolute atomic E-state index is 0.0132. The Hall–Kier alpha value is -3.26. The van der Waals surface area contributed by atoms with E-state index in [-0.39, 0.29) is 18.9 Å². The van der Waals surface area contributed by atoms with Gasteiger partial charge in [0.1, 0.15) is 11.5 Å². The Morgan fingerprint density at radius 3 is 2.67 bits per heavy atom. The summed E-state index contributed by atoms with van der Waals surface area (Å²) in [5.74, 6) is -1.00. The smallest absolute Gasteiger partial charge is 0.311 e. The second-order valence-corrected chi connectivity index (χ2v) is 7.04. The summed E-state index contributed by atoms with van der Waals surface area (Å²) in [7, 11) is 2.99. The number of rotatable bonds is 7. The van der Waals surface area contributed by atoms with Gasteiger partial charge in [-0.25, -0.2) is 0 Å². The fraction of sp³-hybridized carbons (Fsp3) is 0.286. The molecule has 0 bridgehead atoms. The Kier molecular flexibility index (Phi) is 6.79. The molecule has 158 valence electrons. The standard InChI is InChI=1S/C21H21ClN2O6/c1-28-16-6-7-17(18(10-16)29-2)23-19(25)12-30-21(27)13-8-20(26)24(11-13)15-5-3-4-14(22)9-15/h3-7,9-10,13H,8,11-12H2,1-2H3,(H,23,25)/t13-/m0/s1. The molecular formula is C21H21ClN2O6. The maximum Gasteiger partial charge on any atom is 0.311 e. The number of hydrogen-bond acceptors (Lipinski definition) is 6. The molecule has 30 heavy (non-hydrogen) atoms. The van der Waals surface area contributed by atoms with E-state index in [0.29, 0.717) is 27.9 Å². The number of hydrogen-bond donors (Lipinski definition) is 1. The van der Waals surface area contributed by atoms with Crippen molar-refractivity contribution in [3.63, 3.8) is 0 Å². The van der Waals surface area contributed by atoms with Gasteiger partial charge in [-0.15, -0.1) is 0 Å². The molecule has 3 rings (SSSR count). The van der Waals surface area contributed by atoms with E-state index < -0.39 is 24.4 Å². The summed E-state index contributed by atoms with van der Waals surface area (Å²) in [5.41, 5.74) is 1.04. The number of nitrogens with one attached hydrogen (secondary N) is 1. The van der Waals surface area contributed by atoms with Gasteiger partial charge in [-0.3, -0.25) is 14.4 Å². The number of nitrogens with zero attached hydrogens (tertiary/aromatic N) is 1. The van der Waals surface area contributed by atoms with Crippen LogP contribution in [-0.2, 0) is 19.1 Å². The predicted molar refractivity (Wildman–Crippen MR) is 111 cm³/mol. The van der Waals surface area contributed by atoms with E-state index in [2.05, 4.69) is 5.32 Å². The van der Waals surface area contributed by atoms with Crippen LogP contribution in [0.25, 0.3) is 0 Å². The zero-order valence-electron chi connectivity index (χ0n) is 16.5. The number of methoxy groups -OCH3 is 2. The predicted octanol–water partition coefficient (Wildman–Crippen LogP) is 2.89. The van der Waals surface area contributed by atoms with Crippen molar-refractivity contribution in [2.45, 2.75) is 6.42 Å². The first-order valence-corrected chi connectivity index (χ1v) is 9.53. The molecule has 0 unspecified atom stereocenters. The monoisotopic (exact) mass is 432 g/mol. The molecular weight excluding hydrogens is 412 g/mol. The number of anilines is 2. The number of ether oxygens (including phenoxy) is 3. The van der Waals surface area contributed by atoms with Crippen molar-refractivity contribution < 1.29 is 28.6 Å². The summed E-state index contributed by atoms with van der Waals surface area (Å²) in [4.78, 5) is 38.3. The van der Waals surface area contributed by atoms with Gasteiger partial charge in [0, 0.05) is 29.7 Å². The van der Waals surface area contributed by atoms with Crippen molar-refractivity contribution in [2.75, 3.05) is 37.6 Å². The molecule has 0 aliphatic carbocycles. The lowest BCUT2D eigenvalue weighted by atomic mass is 10.1. The number of benzene rings is 2. The van der Waals surface area contributed by atoms with Crippen LogP contribution >= 0.6 is 11.6 Å². The van der Waals surface area contributed by atoms with Crippen LogP contribution in [0, 0.1) is 5.92 Å². The molecule has 8 nitrogen and oxygen atoms in total. The second kappa shape index (κ2) is 9.49. The maximum atomic E-state index is 12.3. The third kappa shape index (κ3) is 5.01. The van der Waals surface area contributed by atoms with Gasteiger partial charge in [0.2, 0.25) is 5.91 Å². The van der Waals surface area contributed by atoms with E-state index in [4.69, 9.17) is 25.8 Å². The number of halogens is 1. The molecule has 1 saturated heterocycles. The lowest BCUT2D eigenvalue weighted by Gasteiger charge is -2.16. The molecule has 0 saturated carbocycles. The Bertz CT molecular complexity index is 964. The van der Waals surface area contributed by atoms with Crippen molar-refractivity contribution >= 4 is 40.8 Å². The van der Waals surface area contributed by atoms with Gasteiger partial charge in [-0.2, -0.15) is 0 Å². The zero-order valence-corrected chi connectivity index (χ0v) is 17.3. The fourth-order valence-electron chi connectivity index (χ4n) is 3.10. The van der Waals surface area contributed by atoms with Gasteiger partial charge in [0.15, 0.2) is 6.61 Å². The molecule has 1 fully saturated rings. The van der Waals surface area contributed by atoms with E-state index in [9.17, 15) is 14.4 Å². The topological polar surface area (TPSA) is 94.2 Å². The summed E-state index contributed by atoms with van der Waals surface area (Å²) in [6, 6.07) is 11.7. The quantitative estimate of drug-likeness (QED) is 0.676. The van der Waals surface area contributed by atoms with Crippen LogP contribution in [0.3, 0.4) is 0 Å². The third-order valence-electron chi connectivity index (χ3n) is 4.61. The van der Waals surface area contributed by atoms with E-state index in [0.717, 1.165) is 0 Å². The van der Waals surface area contributed by atoms with Gasteiger partial charge >= 0.3 is 5.97 Å². The van der Waals surface area contributed by atoms with Gasteiger partial charge in [-0.05, 0) is 30.3 Å². The normalized spacial score (nSPS) is 15.6. The molecule has 1 aliphatic rings. The molecule has 1 heterocycles. The average molecular weight is 433 g/mol. The number of amides is 2. The van der Waals surface area contributed by atoms with Crippen molar-refractivity contribution in [2.24, 2.45) is 5.92 Å². The molecule has 0 aromatic heterocycles. The highest BCUT2D eigenvalue weighted by molar-refractivity contribution is 6.31. The Morgan fingerprint density at radius 2 is 1.97 bits per heavy atom. The van der Waals surface area contributed by atoms with Gasteiger partial charge in [0.25, 0.3) is 5.91 Å². The summed E-state index contributed by atoms with van der Waals surface area (Å²) in [6.07, 6.45) is 0.0132. The molecule has 2 aromatic rings. The van der Waals surface area contributed by atoms with Crippen LogP contribution in [-0.4, -0.2) is 45.2 Å². The first kappa shape index (κ1) is 21.4. The Balaban J connectivity index is 1.54. The number of carbonyl (C=O) groups is 3. The Morgan fingerprint density at radius 1 is 1.17 bits per heavy atom. The van der Waals surface area contributed by atoms with Crippen LogP contribution in [0.4, 0.5) is 11.4 Å². The highest BCUT2D eigenvalue weighted by Gasteiger charge is 2.36. The van der Waals surface area contributed by atoms with Gasteiger partial charge < -0.3 is 24.4 Å². The van der Waals surface area contributed by atoms with Crippen molar-refractivity contribution in [3.05, 3.63) is 47.5 Å². The van der Waals surface area contributed by atoms with E-state index in [1.54, 1.807) is 42.5 Å². The van der Waals surface area contributed by atoms with Crippen LogP contribution in [0.15, 0.2) is 42.5 Å². The molecule has 0 spiro atoms. The largest absolute Gasteiger partial charge is 0.497 e. The molecule has 1 aliphatic heterocycles. The first-order valence-electron chi connectivity index (χ1n) is 9.15. The van der Waals surface area contributed by atoms with Crippen LogP contribution < -0.4 is 19.7 Å². The van der Waals surface area contributed by atoms with Crippen LogP contribution in [0.2, 0.25) is 5.02 Å². The minimum atomic E-state index is -0.653. The molecule has 2 amide bonds. The van der Waals surface area contributed by atoms with Crippen LogP contribution in [0.1, 0.15) is 6.42 Å². The summed E-state index contributed by atoms with van der Waals surface area (Å²) < 4.78 is 15.4. The third-order valence-corrected chi connectivity index (χ3v) is 4.84. The summed E-state index contributed by atoms with van der Waals surface area (Å²) in [5, 5.41) is 3.12. The maximum absolute atomic E-state index is 12.3. The molecule has 0 radical (unpaired) electrons. The first-order chi connectivity index (χ1) is 14.4. The fourth-order valence-corrected chi connectivity index (χ4v) is 3.29. The molecule has 9 heteroatoms. The van der Waals surface area contributed by atoms with Crippen molar-refractivity contribution in [1.82, 2.24) is 0 Å². The SMILES string of the molecule is COc1ccc(NC(=O)COC(=O)[C@H]2CC(=O)N(c3cccc(Cl)c3)C2)c(OC)c1. The molecule has 1 atom stereocenters. The lowest BCUT2D eigenvalue weighted by molar-refractivity contribution is -0.151. The lowest BCUT2D eigenvalue weighted by Crippen LogP contribution is -2.28. The second-order valence-electron chi connectivity index (χ2n) is 6.61. The minimum Gasteiger partial charge on any atom is -0.497 e.